The van der Waals surface area contributed by atoms with Crippen molar-refractivity contribution in [2.45, 2.75) is 13.3 Å². The Balaban J connectivity index is 2.08. The van der Waals surface area contributed by atoms with E-state index in [2.05, 4.69) is 37.3 Å². The second-order valence-corrected chi connectivity index (χ2v) is 4.36. The Hall–Kier alpha value is -1.31. The molecule has 2 aliphatic rings. The van der Waals surface area contributed by atoms with E-state index in [0.717, 1.165) is 25.9 Å². The van der Waals surface area contributed by atoms with Gasteiger partial charge in [0.2, 0.25) is 6.41 Å². The molecule has 2 atom stereocenters. The Labute approximate surface area is 91.0 Å². The summed E-state index contributed by atoms with van der Waals surface area (Å²) in [4.78, 5) is 12.5. The number of likely N-dealkylation sites (tertiary alicyclic amines) is 1. The van der Waals surface area contributed by atoms with Gasteiger partial charge in [0.05, 0.1) is 0 Å². The minimum absolute atomic E-state index is 0.500. The van der Waals surface area contributed by atoms with Crippen LogP contribution >= 0.6 is 0 Å². The van der Waals surface area contributed by atoms with Crippen LogP contribution < -0.4 is 0 Å². The zero-order chi connectivity index (χ0) is 10.7. The number of hydrogen-bond acceptors (Lipinski definition) is 1. The number of nitrogens with zero attached hydrogens (tertiary/aromatic N) is 1. The molecule has 2 nitrogen and oxygen atoms in total. The average molecular weight is 203 g/mol. The van der Waals surface area contributed by atoms with Gasteiger partial charge >= 0.3 is 0 Å². The molecular weight excluding hydrogens is 186 g/mol. The van der Waals surface area contributed by atoms with Crippen molar-refractivity contribution in [2.24, 2.45) is 11.8 Å². The van der Waals surface area contributed by atoms with E-state index in [1.807, 2.05) is 4.90 Å². The predicted molar refractivity (Wildman–Crippen MR) is 61.3 cm³/mol. The molecule has 1 amide bonds. The maximum atomic E-state index is 10.6. The van der Waals surface area contributed by atoms with E-state index in [1.54, 1.807) is 0 Å². The summed E-state index contributed by atoms with van der Waals surface area (Å²) in [7, 11) is 0. The summed E-state index contributed by atoms with van der Waals surface area (Å²) in [5.41, 5.74) is 1.39. The van der Waals surface area contributed by atoms with E-state index < -0.39 is 0 Å². The Morgan fingerprint density at radius 1 is 1.47 bits per heavy atom. The standard InChI is InChI=1S/C13H17NO/c1-11-4-2-3-5-12(8-11)13-6-7-14(9-13)10-15/h2-5,8,10-11,13H,6-7,9H2,1H3. The molecule has 1 heterocycles. The van der Waals surface area contributed by atoms with Crippen LogP contribution in [0.25, 0.3) is 0 Å². The van der Waals surface area contributed by atoms with Crippen molar-refractivity contribution in [3.8, 4) is 0 Å². The molecule has 2 heteroatoms. The first kappa shape index (κ1) is 10.2. The monoisotopic (exact) mass is 203 g/mol. The lowest BCUT2D eigenvalue weighted by atomic mass is 9.95. The minimum atomic E-state index is 0.500. The number of carbonyl (C=O) groups is 1. The number of amides is 1. The predicted octanol–water partition coefficient (Wildman–Crippen LogP) is 2.15. The van der Waals surface area contributed by atoms with Gasteiger partial charge < -0.3 is 4.90 Å². The van der Waals surface area contributed by atoms with Crippen LogP contribution in [-0.2, 0) is 4.79 Å². The molecule has 1 aliphatic carbocycles. The molecule has 1 saturated heterocycles. The summed E-state index contributed by atoms with van der Waals surface area (Å²) in [5.74, 6) is 1.04. The molecule has 0 N–H and O–H groups in total. The minimum Gasteiger partial charge on any atom is -0.345 e. The maximum Gasteiger partial charge on any atom is 0.209 e. The molecule has 0 bridgehead atoms. The van der Waals surface area contributed by atoms with Gasteiger partial charge in [0.15, 0.2) is 0 Å². The van der Waals surface area contributed by atoms with Crippen molar-refractivity contribution in [1.29, 1.82) is 0 Å². The topological polar surface area (TPSA) is 20.3 Å². The van der Waals surface area contributed by atoms with E-state index >= 15 is 0 Å². The lowest BCUT2D eigenvalue weighted by molar-refractivity contribution is -0.117. The molecule has 1 aliphatic heterocycles. The van der Waals surface area contributed by atoms with Crippen molar-refractivity contribution >= 4 is 6.41 Å². The van der Waals surface area contributed by atoms with Crippen LogP contribution in [0, 0.1) is 11.8 Å². The molecular formula is C13H17NO. The highest BCUT2D eigenvalue weighted by Crippen LogP contribution is 2.26. The van der Waals surface area contributed by atoms with Crippen LogP contribution in [0.5, 0.6) is 0 Å². The van der Waals surface area contributed by atoms with Gasteiger partial charge in [-0.05, 0) is 17.9 Å². The van der Waals surface area contributed by atoms with Crippen LogP contribution in [0.3, 0.4) is 0 Å². The lowest BCUT2D eigenvalue weighted by Crippen LogP contribution is -2.18. The molecule has 0 aromatic carbocycles. The second-order valence-electron chi connectivity index (χ2n) is 4.36. The van der Waals surface area contributed by atoms with E-state index in [-0.39, 0.29) is 0 Å². The summed E-state index contributed by atoms with van der Waals surface area (Å²) >= 11 is 0. The largest absolute Gasteiger partial charge is 0.345 e. The first-order valence-corrected chi connectivity index (χ1v) is 5.55. The smallest absolute Gasteiger partial charge is 0.209 e. The summed E-state index contributed by atoms with van der Waals surface area (Å²) in [6.45, 7) is 3.98. The maximum absolute atomic E-state index is 10.6. The van der Waals surface area contributed by atoms with Crippen molar-refractivity contribution < 1.29 is 4.79 Å². The van der Waals surface area contributed by atoms with Gasteiger partial charge in [0, 0.05) is 19.0 Å². The first-order valence-electron chi connectivity index (χ1n) is 5.55. The summed E-state index contributed by atoms with van der Waals surface area (Å²) in [6.07, 6.45) is 12.9. The Bertz CT molecular complexity index is 327. The lowest BCUT2D eigenvalue weighted by Gasteiger charge is -2.12. The summed E-state index contributed by atoms with van der Waals surface area (Å²) < 4.78 is 0. The zero-order valence-electron chi connectivity index (χ0n) is 9.10. The molecule has 0 spiro atoms. The summed E-state index contributed by atoms with van der Waals surface area (Å²) in [6, 6.07) is 0. The highest BCUT2D eigenvalue weighted by atomic mass is 16.1. The van der Waals surface area contributed by atoms with Gasteiger partial charge in [-0.1, -0.05) is 37.3 Å². The normalized spacial score (nSPS) is 30.2. The van der Waals surface area contributed by atoms with Crippen molar-refractivity contribution in [1.82, 2.24) is 4.90 Å². The van der Waals surface area contributed by atoms with E-state index in [0.29, 0.717) is 11.8 Å². The zero-order valence-corrected chi connectivity index (χ0v) is 9.10. The van der Waals surface area contributed by atoms with Crippen LogP contribution in [0.1, 0.15) is 13.3 Å². The molecule has 15 heavy (non-hydrogen) atoms. The van der Waals surface area contributed by atoms with Gasteiger partial charge in [-0.25, -0.2) is 0 Å². The highest BCUT2D eigenvalue weighted by Gasteiger charge is 2.23. The molecule has 2 rings (SSSR count). The van der Waals surface area contributed by atoms with E-state index in [1.165, 1.54) is 5.57 Å². The molecule has 0 radical (unpaired) electrons. The second kappa shape index (κ2) is 4.47. The Kier molecular flexibility index (Phi) is 3.05. The molecule has 0 aromatic rings. The number of carbonyl (C=O) groups excluding carboxylic acids is 1. The van der Waals surface area contributed by atoms with Crippen LogP contribution in [0.4, 0.5) is 0 Å². The number of allylic oxidation sites excluding steroid dienone is 5. The third kappa shape index (κ3) is 2.38. The fourth-order valence-electron chi connectivity index (χ4n) is 2.25. The molecule has 1 fully saturated rings. The van der Waals surface area contributed by atoms with E-state index in [9.17, 15) is 4.79 Å². The number of hydrogen-bond donors (Lipinski definition) is 0. The van der Waals surface area contributed by atoms with Crippen LogP contribution in [-0.4, -0.2) is 24.4 Å². The van der Waals surface area contributed by atoms with Gasteiger partial charge in [-0.15, -0.1) is 0 Å². The third-order valence-corrected chi connectivity index (χ3v) is 3.11. The quantitative estimate of drug-likeness (QED) is 0.630. The fraction of sp³-hybridized carbons (Fsp3) is 0.462. The van der Waals surface area contributed by atoms with Crippen molar-refractivity contribution in [2.75, 3.05) is 13.1 Å². The van der Waals surface area contributed by atoms with Crippen molar-refractivity contribution in [3.05, 3.63) is 36.0 Å². The highest BCUT2D eigenvalue weighted by molar-refractivity contribution is 5.48. The van der Waals surface area contributed by atoms with Gasteiger partial charge in [0.1, 0.15) is 0 Å². The SMILES string of the molecule is CC1C=CC=CC(C2CCN(C=O)C2)=C1. The molecule has 80 valence electrons. The van der Waals surface area contributed by atoms with E-state index in [4.69, 9.17) is 0 Å². The first-order chi connectivity index (χ1) is 7.29. The van der Waals surface area contributed by atoms with Gasteiger partial charge in [-0.3, -0.25) is 4.79 Å². The van der Waals surface area contributed by atoms with Gasteiger partial charge in [-0.2, -0.15) is 0 Å². The third-order valence-electron chi connectivity index (χ3n) is 3.11. The molecule has 2 unspecified atom stereocenters. The average Bonchev–Trinajstić information content (AvgIpc) is 2.61. The van der Waals surface area contributed by atoms with Crippen LogP contribution in [0.15, 0.2) is 36.0 Å². The van der Waals surface area contributed by atoms with Gasteiger partial charge in [0.25, 0.3) is 0 Å². The summed E-state index contributed by atoms with van der Waals surface area (Å²) in [5, 5.41) is 0. The molecule has 0 aromatic heterocycles. The number of rotatable bonds is 2. The Morgan fingerprint density at radius 3 is 3.07 bits per heavy atom. The fourth-order valence-corrected chi connectivity index (χ4v) is 2.25. The van der Waals surface area contributed by atoms with Crippen molar-refractivity contribution in [3.63, 3.8) is 0 Å². The Morgan fingerprint density at radius 2 is 2.33 bits per heavy atom. The molecule has 0 saturated carbocycles. The van der Waals surface area contributed by atoms with Crippen LogP contribution in [0.2, 0.25) is 0 Å².